The van der Waals surface area contributed by atoms with Crippen LogP contribution in [-0.4, -0.2) is 62.6 Å². The summed E-state index contributed by atoms with van der Waals surface area (Å²) in [7, 11) is -1.55. The maximum absolute atomic E-state index is 12.3. The average Bonchev–Trinajstić information content (AvgIpc) is 2.62. The summed E-state index contributed by atoms with van der Waals surface area (Å²) in [5, 5.41) is 7.02. The monoisotopic (exact) mass is 532 g/mol. The zero-order valence-electron chi connectivity index (χ0n) is 14.9. The highest BCUT2D eigenvalue weighted by Crippen LogP contribution is 2.16. The SMILES string of the molecule is CN=C(NCCS(=O)(=O)N1CCSCC1)NC(C)c1ccc(Cl)cc1.I. The second kappa shape index (κ2) is 11.6. The van der Waals surface area contributed by atoms with Gasteiger partial charge >= 0.3 is 0 Å². The number of nitrogens with zero attached hydrogens (tertiary/aromatic N) is 2. The van der Waals surface area contributed by atoms with Crippen molar-refractivity contribution in [1.29, 1.82) is 0 Å². The van der Waals surface area contributed by atoms with Gasteiger partial charge in [-0.05, 0) is 24.6 Å². The molecule has 2 rings (SSSR count). The standard InChI is InChI=1S/C16H25ClN4O2S2.HI/c1-13(14-3-5-15(17)6-4-14)20-16(18-2)19-7-12-25(22,23)21-8-10-24-11-9-21;/h3-6,13H,7-12H2,1-2H3,(H2,18,19,20);1H. The maximum atomic E-state index is 12.3. The number of rotatable bonds is 6. The Balaban J connectivity index is 0.00000338. The molecule has 0 aliphatic carbocycles. The lowest BCUT2D eigenvalue weighted by Crippen LogP contribution is -2.44. The van der Waals surface area contributed by atoms with Crippen molar-refractivity contribution in [3.8, 4) is 0 Å². The lowest BCUT2D eigenvalue weighted by atomic mass is 10.1. The first-order chi connectivity index (χ1) is 11.9. The second-order valence-corrected chi connectivity index (χ2v) is 9.49. The predicted octanol–water partition coefficient (Wildman–Crippen LogP) is 2.56. The molecule has 1 aliphatic heterocycles. The third kappa shape index (κ3) is 7.41. The molecule has 1 aliphatic rings. The van der Waals surface area contributed by atoms with Gasteiger partial charge in [-0.2, -0.15) is 11.8 Å². The molecule has 0 spiro atoms. The van der Waals surface area contributed by atoms with Gasteiger partial charge in [0.1, 0.15) is 0 Å². The first kappa shape index (κ1) is 23.8. The summed E-state index contributed by atoms with van der Waals surface area (Å²) in [6.07, 6.45) is 0. The highest BCUT2D eigenvalue weighted by molar-refractivity contribution is 14.0. The average molecular weight is 533 g/mol. The van der Waals surface area contributed by atoms with Gasteiger partial charge in [0.15, 0.2) is 5.96 Å². The Kier molecular flexibility index (Phi) is 10.6. The highest BCUT2D eigenvalue weighted by atomic mass is 127. The molecule has 0 amide bonds. The summed E-state index contributed by atoms with van der Waals surface area (Å²) in [5.41, 5.74) is 1.07. The molecule has 1 heterocycles. The predicted molar refractivity (Wildman–Crippen MR) is 122 cm³/mol. The van der Waals surface area contributed by atoms with E-state index >= 15 is 0 Å². The van der Waals surface area contributed by atoms with Crippen LogP contribution in [0, 0.1) is 0 Å². The number of thioether (sulfide) groups is 1. The van der Waals surface area contributed by atoms with Crippen molar-refractivity contribution in [3.63, 3.8) is 0 Å². The summed E-state index contributed by atoms with van der Waals surface area (Å²) in [4.78, 5) is 4.16. The van der Waals surface area contributed by atoms with E-state index in [-0.39, 0.29) is 35.8 Å². The van der Waals surface area contributed by atoms with Gasteiger partial charge in [-0.1, -0.05) is 23.7 Å². The van der Waals surface area contributed by atoms with Crippen molar-refractivity contribution in [2.24, 2.45) is 4.99 Å². The van der Waals surface area contributed by atoms with Gasteiger partial charge in [0, 0.05) is 43.2 Å². The summed E-state index contributed by atoms with van der Waals surface area (Å²) < 4.78 is 26.3. The van der Waals surface area contributed by atoms with Gasteiger partial charge in [-0.3, -0.25) is 4.99 Å². The number of aliphatic imine (C=N–C) groups is 1. The molecule has 1 fully saturated rings. The lowest BCUT2D eigenvalue weighted by Gasteiger charge is -2.26. The second-order valence-electron chi connectivity index (χ2n) is 5.74. The zero-order valence-corrected chi connectivity index (χ0v) is 19.7. The van der Waals surface area contributed by atoms with Crippen molar-refractivity contribution in [1.82, 2.24) is 14.9 Å². The van der Waals surface area contributed by atoms with E-state index in [0.29, 0.717) is 30.6 Å². The first-order valence-electron chi connectivity index (χ1n) is 8.20. The molecule has 1 saturated heterocycles. The Morgan fingerprint density at radius 2 is 1.92 bits per heavy atom. The van der Waals surface area contributed by atoms with Crippen LogP contribution in [-0.2, 0) is 10.0 Å². The largest absolute Gasteiger partial charge is 0.355 e. The minimum atomic E-state index is -3.21. The van der Waals surface area contributed by atoms with E-state index in [2.05, 4.69) is 15.6 Å². The summed E-state index contributed by atoms with van der Waals surface area (Å²) in [6.45, 7) is 3.54. The number of nitrogens with one attached hydrogen (secondary N) is 2. The molecule has 0 saturated carbocycles. The van der Waals surface area contributed by atoms with E-state index in [1.165, 1.54) is 0 Å². The Bertz CT molecular complexity index is 680. The highest BCUT2D eigenvalue weighted by Gasteiger charge is 2.23. The van der Waals surface area contributed by atoms with E-state index in [0.717, 1.165) is 17.1 Å². The van der Waals surface area contributed by atoms with Gasteiger partial charge in [-0.25, -0.2) is 12.7 Å². The Morgan fingerprint density at radius 3 is 2.50 bits per heavy atom. The van der Waals surface area contributed by atoms with E-state index < -0.39 is 10.0 Å². The minimum absolute atomic E-state index is 0. The molecule has 1 aromatic rings. The van der Waals surface area contributed by atoms with E-state index in [1.807, 2.05) is 31.2 Å². The number of hydrogen-bond acceptors (Lipinski definition) is 4. The van der Waals surface area contributed by atoms with Crippen LogP contribution >= 0.6 is 47.3 Å². The summed E-state index contributed by atoms with van der Waals surface area (Å²) >= 11 is 7.70. The smallest absolute Gasteiger partial charge is 0.215 e. The molecule has 0 aromatic heterocycles. The first-order valence-corrected chi connectivity index (χ1v) is 11.3. The fraction of sp³-hybridized carbons (Fsp3) is 0.562. The van der Waals surface area contributed by atoms with Crippen LogP contribution in [0.5, 0.6) is 0 Å². The van der Waals surface area contributed by atoms with Gasteiger partial charge in [0.05, 0.1) is 11.8 Å². The summed E-state index contributed by atoms with van der Waals surface area (Å²) in [6, 6.07) is 7.61. The normalized spacial score (nSPS) is 17.3. The Morgan fingerprint density at radius 1 is 1.31 bits per heavy atom. The third-order valence-electron chi connectivity index (χ3n) is 3.96. The minimum Gasteiger partial charge on any atom is -0.355 e. The number of hydrogen-bond donors (Lipinski definition) is 2. The molecule has 10 heteroatoms. The van der Waals surface area contributed by atoms with Crippen molar-refractivity contribution >= 4 is 63.3 Å². The van der Waals surface area contributed by atoms with Crippen molar-refractivity contribution < 1.29 is 8.42 Å². The van der Waals surface area contributed by atoms with Crippen LogP contribution in [0.15, 0.2) is 29.3 Å². The van der Waals surface area contributed by atoms with Crippen LogP contribution in [0.4, 0.5) is 0 Å². The van der Waals surface area contributed by atoms with Crippen molar-refractivity contribution in [2.75, 3.05) is 43.9 Å². The number of benzene rings is 1. The van der Waals surface area contributed by atoms with Gasteiger partial charge in [0.2, 0.25) is 10.0 Å². The van der Waals surface area contributed by atoms with Crippen molar-refractivity contribution in [2.45, 2.75) is 13.0 Å². The summed E-state index contributed by atoms with van der Waals surface area (Å²) in [5.74, 6) is 2.38. The molecule has 2 N–H and O–H groups in total. The van der Waals surface area contributed by atoms with E-state index in [9.17, 15) is 8.42 Å². The number of guanidine groups is 1. The van der Waals surface area contributed by atoms with Crippen LogP contribution in [0.2, 0.25) is 5.02 Å². The molecule has 26 heavy (non-hydrogen) atoms. The van der Waals surface area contributed by atoms with Crippen LogP contribution < -0.4 is 10.6 Å². The van der Waals surface area contributed by atoms with Crippen molar-refractivity contribution in [3.05, 3.63) is 34.9 Å². The Labute approximate surface area is 182 Å². The van der Waals surface area contributed by atoms with Gasteiger partial charge < -0.3 is 10.6 Å². The molecule has 1 unspecified atom stereocenters. The number of halogens is 2. The zero-order chi connectivity index (χ0) is 18.3. The van der Waals surface area contributed by atoms with E-state index in [1.54, 1.807) is 23.1 Å². The third-order valence-corrected chi connectivity index (χ3v) is 7.03. The van der Waals surface area contributed by atoms with Gasteiger partial charge in [-0.15, -0.1) is 24.0 Å². The van der Waals surface area contributed by atoms with Gasteiger partial charge in [0.25, 0.3) is 0 Å². The molecule has 148 valence electrons. The fourth-order valence-electron chi connectivity index (χ4n) is 2.49. The molecule has 0 radical (unpaired) electrons. The number of sulfonamides is 1. The molecule has 0 bridgehead atoms. The Hall–Kier alpha value is -0.230. The molecule has 6 nitrogen and oxygen atoms in total. The maximum Gasteiger partial charge on any atom is 0.215 e. The molecule has 1 aromatic carbocycles. The van der Waals surface area contributed by atoms with Crippen LogP contribution in [0.3, 0.4) is 0 Å². The van der Waals surface area contributed by atoms with Crippen LogP contribution in [0.25, 0.3) is 0 Å². The van der Waals surface area contributed by atoms with Crippen LogP contribution in [0.1, 0.15) is 18.5 Å². The quantitative estimate of drug-likeness (QED) is 0.335. The fourth-order valence-corrected chi connectivity index (χ4v) is 5.10. The lowest BCUT2D eigenvalue weighted by molar-refractivity contribution is 0.443. The molecular weight excluding hydrogens is 507 g/mol. The topological polar surface area (TPSA) is 73.8 Å². The molecule has 1 atom stereocenters. The molecular formula is C16H26ClIN4O2S2. The van der Waals surface area contributed by atoms with E-state index in [4.69, 9.17) is 11.6 Å².